The van der Waals surface area contributed by atoms with Gasteiger partial charge in [-0.15, -0.1) is 0 Å². The van der Waals surface area contributed by atoms with Gasteiger partial charge >= 0.3 is 0 Å². The van der Waals surface area contributed by atoms with Gasteiger partial charge in [-0.3, -0.25) is 9.59 Å². The Labute approximate surface area is 169 Å². The third kappa shape index (κ3) is 4.75. The van der Waals surface area contributed by atoms with E-state index in [1.54, 1.807) is 0 Å². The molecule has 1 aromatic carbocycles. The number of amides is 2. The van der Waals surface area contributed by atoms with Crippen molar-refractivity contribution in [2.75, 3.05) is 13.1 Å². The van der Waals surface area contributed by atoms with Crippen LogP contribution in [-0.4, -0.2) is 47.9 Å². The van der Waals surface area contributed by atoms with Crippen LogP contribution in [0.2, 0.25) is 0 Å². The molecule has 0 radical (unpaired) electrons. The molecule has 2 aliphatic rings. The summed E-state index contributed by atoms with van der Waals surface area (Å²) in [6.45, 7) is 12.0. The van der Waals surface area contributed by atoms with E-state index in [-0.39, 0.29) is 23.1 Å². The van der Waals surface area contributed by atoms with Crippen LogP contribution in [0.1, 0.15) is 69.8 Å². The second-order valence-corrected chi connectivity index (χ2v) is 9.73. The molecule has 1 aromatic rings. The summed E-state index contributed by atoms with van der Waals surface area (Å²) >= 11 is 0. The summed E-state index contributed by atoms with van der Waals surface area (Å²) in [7, 11) is 0. The lowest BCUT2D eigenvalue weighted by atomic mass is 9.86. The van der Waals surface area contributed by atoms with Gasteiger partial charge in [0.25, 0.3) is 5.91 Å². The minimum atomic E-state index is -0.494. The van der Waals surface area contributed by atoms with Crippen molar-refractivity contribution in [3.8, 4) is 0 Å². The molecule has 2 amide bonds. The minimum absolute atomic E-state index is 0.0405. The van der Waals surface area contributed by atoms with Crippen molar-refractivity contribution in [3.05, 3.63) is 35.4 Å². The van der Waals surface area contributed by atoms with Gasteiger partial charge in [0.15, 0.2) is 0 Å². The van der Waals surface area contributed by atoms with Crippen molar-refractivity contribution >= 4 is 11.8 Å². The van der Waals surface area contributed by atoms with E-state index in [1.165, 1.54) is 12.0 Å². The highest BCUT2D eigenvalue weighted by atomic mass is 16.2. The van der Waals surface area contributed by atoms with Gasteiger partial charge in [-0.1, -0.05) is 46.8 Å². The molecule has 2 fully saturated rings. The van der Waals surface area contributed by atoms with Crippen LogP contribution in [0.15, 0.2) is 24.3 Å². The van der Waals surface area contributed by atoms with Gasteiger partial charge in [0.05, 0.1) is 0 Å². The average molecular weight is 386 g/mol. The van der Waals surface area contributed by atoms with E-state index in [0.29, 0.717) is 17.6 Å². The number of hydrogen-bond acceptors (Lipinski definition) is 3. The van der Waals surface area contributed by atoms with Crippen LogP contribution in [0.25, 0.3) is 0 Å². The maximum atomic E-state index is 13.2. The number of carbonyl (C=O) groups excluding carboxylic acids is 2. The first kappa shape index (κ1) is 20.8. The van der Waals surface area contributed by atoms with Gasteiger partial charge in [0, 0.05) is 30.7 Å². The van der Waals surface area contributed by atoms with Crippen LogP contribution in [-0.2, 0) is 10.2 Å². The molecule has 0 spiro atoms. The lowest BCUT2D eigenvalue weighted by Crippen LogP contribution is -2.53. The van der Waals surface area contributed by atoms with E-state index < -0.39 is 6.04 Å². The smallest absolute Gasteiger partial charge is 0.251 e. The average Bonchev–Trinajstić information content (AvgIpc) is 2.96. The quantitative estimate of drug-likeness (QED) is 0.837. The molecule has 2 aliphatic heterocycles. The number of nitrogens with one attached hydrogen (secondary N) is 2. The van der Waals surface area contributed by atoms with Gasteiger partial charge < -0.3 is 15.5 Å². The third-order valence-corrected chi connectivity index (χ3v) is 6.07. The Morgan fingerprint density at radius 1 is 1.07 bits per heavy atom. The number of carbonyl (C=O) groups is 2. The molecule has 2 saturated heterocycles. The van der Waals surface area contributed by atoms with Crippen molar-refractivity contribution in [3.63, 3.8) is 0 Å². The molecule has 154 valence electrons. The van der Waals surface area contributed by atoms with E-state index in [4.69, 9.17) is 0 Å². The van der Waals surface area contributed by atoms with E-state index in [1.807, 2.05) is 43.0 Å². The van der Waals surface area contributed by atoms with E-state index in [9.17, 15) is 9.59 Å². The second kappa shape index (κ2) is 8.24. The van der Waals surface area contributed by atoms with E-state index in [2.05, 4.69) is 31.4 Å². The highest BCUT2D eigenvalue weighted by Gasteiger charge is 2.35. The zero-order chi connectivity index (χ0) is 20.5. The fraction of sp³-hybridized carbons (Fsp3) is 0.652. The molecular formula is C23H35N3O2. The molecule has 2 bridgehead atoms. The molecule has 5 heteroatoms. The highest BCUT2D eigenvalue weighted by molar-refractivity contribution is 5.97. The van der Waals surface area contributed by atoms with Gasteiger partial charge in [0.2, 0.25) is 5.91 Å². The SMILES string of the molecule is CC(C)C(NC(=O)c1ccc(C(C)(C)C)cc1)C(=O)N1CCC2CCC(C1)N2. The Morgan fingerprint density at radius 2 is 1.71 bits per heavy atom. The fourth-order valence-electron chi connectivity index (χ4n) is 4.20. The number of nitrogens with zero attached hydrogens (tertiary/aromatic N) is 1. The monoisotopic (exact) mass is 385 g/mol. The summed E-state index contributed by atoms with van der Waals surface area (Å²) in [6.07, 6.45) is 3.34. The molecule has 3 atom stereocenters. The van der Waals surface area contributed by atoms with E-state index >= 15 is 0 Å². The number of benzene rings is 1. The molecule has 2 N–H and O–H groups in total. The Balaban J connectivity index is 1.68. The van der Waals surface area contributed by atoms with Crippen LogP contribution in [0, 0.1) is 5.92 Å². The predicted octanol–water partition coefficient (Wildman–Crippen LogP) is 3.09. The summed E-state index contributed by atoms with van der Waals surface area (Å²) in [4.78, 5) is 28.0. The van der Waals surface area contributed by atoms with Gasteiger partial charge in [-0.05, 0) is 48.3 Å². The van der Waals surface area contributed by atoms with Crippen molar-refractivity contribution in [1.29, 1.82) is 0 Å². The van der Waals surface area contributed by atoms with Crippen LogP contribution in [0.3, 0.4) is 0 Å². The predicted molar refractivity (Wildman–Crippen MR) is 112 cm³/mol. The highest BCUT2D eigenvalue weighted by Crippen LogP contribution is 2.23. The Kier molecular flexibility index (Phi) is 6.13. The number of rotatable bonds is 4. The summed E-state index contributed by atoms with van der Waals surface area (Å²) < 4.78 is 0. The topological polar surface area (TPSA) is 61.4 Å². The number of fused-ring (bicyclic) bond motifs is 2. The first-order chi connectivity index (χ1) is 13.1. The van der Waals surface area contributed by atoms with Gasteiger partial charge in [-0.25, -0.2) is 0 Å². The molecule has 0 aliphatic carbocycles. The van der Waals surface area contributed by atoms with E-state index in [0.717, 1.165) is 25.9 Å². The lowest BCUT2D eigenvalue weighted by molar-refractivity contribution is -0.134. The first-order valence-corrected chi connectivity index (χ1v) is 10.6. The zero-order valence-electron chi connectivity index (χ0n) is 17.9. The van der Waals surface area contributed by atoms with Crippen LogP contribution in [0.5, 0.6) is 0 Å². The standard InChI is InChI=1S/C23H35N3O2/c1-15(2)20(22(28)26-13-12-18-10-11-19(14-26)24-18)25-21(27)16-6-8-17(9-7-16)23(3,4)5/h6-9,15,18-20,24H,10-14H2,1-5H3,(H,25,27). The Bertz CT molecular complexity index is 706. The maximum Gasteiger partial charge on any atom is 0.251 e. The number of hydrogen-bond donors (Lipinski definition) is 2. The number of likely N-dealkylation sites (tertiary alicyclic amines) is 1. The van der Waals surface area contributed by atoms with Crippen molar-refractivity contribution in [2.45, 2.75) is 77.4 Å². The first-order valence-electron chi connectivity index (χ1n) is 10.6. The molecule has 3 rings (SSSR count). The molecule has 5 nitrogen and oxygen atoms in total. The van der Waals surface area contributed by atoms with Gasteiger partial charge in [0.1, 0.15) is 6.04 Å². The minimum Gasteiger partial charge on any atom is -0.340 e. The molecule has 2 heterocycles. The van der Waals surface area contributed by atoms with Crippen molar-refractivity contribution < 1.29 is 9.59 Å². The molecule has 0 saturated carbocycles. The van der Waals surface area contributed by atoms with Crippen LogP contribution >= 0.6 is 0 Å². The van der Waals surface area contributed by atoms with Crippen molar-refractivity contribution in [2.24, 2.45) is 5.92 Å². The lowest BCUT2D eigenvalue weighted by Gasteiger charge is -2.31. The molecule has 3 unspecified atom stereocenters. The summed E-state index contributed by atoms with van der Waals surface area (Å²) in [5.41, 5.74) is 1.83. The molecule has 28 heavy (non-hydrogen) atoms. The summed E-state index contributed by atoms with van der Waals surface area (Å²) in [5, 5.41) is 6.61. The Hall–Kier alpha value is -1.88. The van der Waals surface area contributed by atoms with Gasteiger partial charge in [-0.2, -0.15) is 0 Å². The molecule has 0 aromatic heterocycles. The summed E-state index contributed by atoms with van der Waals surface area (Å²) in [6, 6.07) is 8.14. The maximum absolute atomic E-state index is 13.2. The summed E-state index contributed by atoms with van der Waals surface area (Å²) in [5.74, 6) is -0.0929. The Morgan fingerprint density at radius 3 is 2.32 bits per heavy atom. The normalized spacial score (nSPS) is 23.4. The third-order valence-electron chi connectivity index (χ3n) is 6.07. The fourth-order valence-corrected chi connectivity index (χ4v) is 4.20. The van der Waals surface area contributed by atoms with Crippen LogP contribution < -0.4 is 10.6 Å². The van der Waals surface area contributed by atoms with Crippen molar-refractivity contribution in [1.82, 2.24) is 15.5 Å². The van der Waals surface area contributed by atoms with Crippen LogP contribution in [0.4, 0.5) is 0 Å². The zero-order valence-corrected chi connectivity index (χ0v) is 17.9. The second-order valence-electron chi connectivity index (χ2n) is 9.73. The molecular weight excluding hydrogens is 350 g/mol. The largest absolute Gasteiger partial charge is 0.340 e.